The Hall–Kier alpha value is -3.14. The summed E-state index contributed by atoms with van der Waals surface area (Å²) in [5.41, 5.74) is 2.12. The van der Waals surface area contributed by atoms with Gasteiger partial charge in [-0.15, -0.1) is 13.2 Å². The fourth-order valence-corrected chi connectivity index (χ4v) is 2.65. The Kier molecular flexibility index (Phi) is 5.50. The van der Waals surface area contributed by atoms with Crippen molar-refractivity contribution in [2.45, 2.75) is 19.3 Å². The van der Waals surface area contributed by atoms with Crippen molar-refractivity contribution in [2.24, 2.45) is 0 Å². The minimum atomic E-state index is -4.77. The Morgan fingerprint density at radius 1 is 1.25 bits per heavy atom. The highest BCUT2D eigenvalue weighted by Crippen LogP contribution is 2.25. The van der Waals surface area contributed by atoms with Crippen LogP contribution in [0.2, 0.25) is 0 Å². The number of benzene rings is 1. The number of aryl methyl sites for hydroxylation is 1. The van der Waals surface area contributed by atoms with Gasteiger partial charge in [0.05, 0.1) is 18.8 Å². The third kappa shape index (κ3) is 4.58. The third-order valence-corrected chi connectivity index (χ3v) is 3.88. The molecule has 0 saturated carbocycles. The number of carbonyl (C=O) groups is 1. The number of alkyl halides is 3. The standard InChI is InChI=1S/C18H17F3N4O3/c1-11-7-22-16-14(8-23-25(16)9-11)17(26)24-15(10-27-2)12-3-5-13(6-4-12)28-18(19,20)21/h3-9,15H,10H2,1-2H3,(H,24,26)/t15-/m1/s1. The summed E-state index contributed by atoms with van der Waals surface area (Å²) in [5.74, 6) is -0.773. The summed E-state index contributed by atoms with van der Waals surface area (Å²) < 4.78 is 47.4. The predicted molar refractivity (Wildman–Crippen MR) is 92.9 cm³/mol. The molecule has 148 valence electrons. The summed E-state index contributed by atoms with van der Waals surface area (Å²) in [6, 6.07) is 4.64. The Balaban J connectivity index is 1.79. The Morgan fingerprint density at radius 2 is 1.96 bits per heavy atom. The lowest BCUT2D eigenvalue weighted by Crippen LogP contribution is -2.31. The molecule has 28 heavy (non-hydrogen) atoms. The SMILES string of the molecule is COC[C@@H](NC(=O)c1cnn2cc(C)cnc12)c1ccc(OC(F)(F)F)cc1. The van der Waals surface area contributed by atoms with Gasteiger partial charge in [0.1, 0.15) is 11.3 Å². The van der Waals surface area contributed by atoms with E-state index in [9.17, 15) is 18.0 Å². The maximum absolute atomic E-state index is 12.7. The quantitative estimate of drug-likeness (QED) is 0.695. The minimum Gasteiger partial charge on any atom is -0.406 e. The van der Waals surface area contributed by atoms with Crippen LogP contribution in [0.15, 0.2) is 42.9 Å². The molecule has 1 N–H and O–H groups in total. The maximum atomic E-state index is 12.7. The monoisotopic (exact) mass is 394 g/mol. The van der Waals surface area contributed by atoms with E-state index >= 15 is 0 Å². The first-order valence-corrected chi connectivity index (χ1v) is 8.22. The van der Waals surface area contributed by atoms with Crippen LogP contribution < -0.4 is 10.1 Å². The zero-order chi connectivity index (χ0) is 20.3. The zero-order valence-corrected chi connectivity index (χ0v) is 15.0. The Labute approximate surface area is 158 Å². The number of aromatic nitrogens is 3. The number of carbonyl (C=O) groups excluding carboxylic acids is 1. The van der Waals surface area contributed by atoms with Crippen molar-refractivity contribution in [2.75, 3.05) is 13.7 Å². The van der Waals surface area contributed by atoms with Crippen LogP contribution in [-0.4, -0.2) is 40.6 Å². The van der Waals surface area contributed by atoms with Gasteiger partial charge in [-0.1, -0.05) is 12.1 Å². The van der Waals surface area contributed by atoms with E-state index in [4.69, 9.17) is 4.74 Å². The van der Waals surface area contributed by atoms with Crippen molar-refractivity contribution in [3.05, 3.63) is 59.5 Å². The van der Waals surface area contributed by atoms with E-state index in [0.717, 1.165) is 5.56 Å². The van der Waals surface area contributed by atoms with Crippen molar-refractivity contribution in [3.63, 3.8) is 0 Å². The summed E-state index contributed by atoms with van der Waals surface area (Å²) in [4.78, 5) is 16.9. The van der Waals surface area contributed by atoms with Gasteiger partial charge in [0.15, 0.2) is 5.65 Å². The first kappa shape index (κ1) is 19.6. The van der Waals surface area contributed by atoms with Gasteiger partial charge >= 0.3 is 6.36 Å². The van der Waals surface area contributed by atoms with Crippen molar-refractivity contribution in [3.8, 4) is 5.75 Å². The molecule has 0 saturated heterocycles. The van der Waals surface area contributed by atoms with Crippen LogP contribution in [0.25, 0.3) is 5.65 Å². The molecule has 2 heterocycles. The van der Waals surface area contributed by atoms with Crippen molar-refractivity contribution < 1.29 is 27.4 Å². The highest BCUT2D eigenvalue weighted by Gasteiger charge is 2.31. The van der Waals surface area contributed by atoms with E-state index in [-0.39, 0.29) is 17.9 Å². The van der Waals surface area contributed by atoms with E-state index in [0.29, 0.717) is 11.2 Å². The van der Waals surface area contributed by atoms with Gasteiger partial charge in [-0.05, 0) is 30.2 Å². The molecule has 0 radical (unpaired) electrons. The topological polar surface area (TPSA) is 77.8 Å². The lowest BCUT2D eigenvalue weighted by molar-refractivity contribution is -0.274. The van der Waals surface area contributed by atoms with Crippen LogP contribution in [0.5, 0.6) is 5.75 Å². The number of nitrogens with one attached hydrogen (secondary N) is 1. The summed E-state index contributed by atoms with van der Waals surface area (Å²) in [6.07, 6.45) is 0.00267. The van der Waals surface area contributed by atoms with E-state index in [1.807, 2.05) is 6.92 Å². The van der Waals surface area contributed by atoms with Crippen LogP contribution in [0.1, 0.15) is 27.5 Å². The average Bonchev–Trinajstić information content (AvgIpc) is 3.03. The van der Waals surface area contributed by atoms with Gasteiger partial charge < -0.3 is 14.8 Å². The maximum Gasteiger partial charge on any atom is 0.573 e. The molecule has 0 aliphatic rings. The van der Waals surface area contributed by atoms with Gasteiger partial charge in [-0.3, -0.25) is 4.79 Å². The predicted octanol–water partition coefficient (Wildman–Crippen LogP) is 3.05. The first-order chi connectivity index (χ1) is 13.3. The summed E-state index contributed by atoms with van der Waals surface area (Å²) in [5, 5.41) is 6.90. The molecule has 0 fully saturated rings. The molecular weight excluding hydrogens is 377 g/mol. The van der Waals surface area contributed by atoms with E-state index in [1.54, 1.807) is 12.4 Å². The molecular formula is C18H17F3N4O3. The molecule has 1 amide bonds. The number of ether oxygens (including phenoxy) is 2. The second kappa shape index (κ2) is 7.85. The highest BCUT2D eigenvalue weighted by molar-refractivity contribution is 5.99. The summed E-state index contributed by atoms with van der Waals surface area (Å²) in [6.45, 7) is 1.98. The molecule has 0 unspecified atom stereocenters. The molecule has 7 nitrogen and oxygen atoms in total. The molecule has 2 aromatic heterocycles. The smallest absolute Gasteiger partial charge is 0.406 e. The van der Waals surface area contributed by atoms with Gasteiger partial charge in [-0.25, -0.2) is 9.50 Å². The fourth-order valence-electron chi connectivity index (χ4n) is 2.65. The van der Waals surface area contributed by atoms with Gasteiger partial charge in [0, 0.05) is 19.5 Å². The first-order valence-electron chi connectivity index (χ1n) is 8.22. The highest BCUT2D eigenvalue weighted by atomic mass is 19.4. The second-order valence-corrected chi connectivity index (χ2v) is 6.06. The van der Waals surface area contributed by atoms with E-state index in [2.05, 4.69) is 20.1 Å². The number of amides is 1. The molecule has 10 heteroatoms. The van der Waals surface area contributed by atoms with E-state index in [1.165, 1.54) is 42.1 Å². The molecule has 1 atom stereocenters. The largest absolute Gasteiger partial charge is 0.573 e. The zero-order valence-electron chi connectivity index (χ0n) is 15.0. The van der Waals surface area contributed by atoms with Crippen LogP contribution in [0.4, 0.5) is 13.2 Å². The van der Waals surface area contributed by atoms with Gasteiger partial charge in [-0.2, -0.15) is 5.10 Å². The second-order valence-electron chi connectivity index (χ2n) is 6.06. The number of hydrogen-bond donors (Lipinski definition) is 1. The number of methoxy groups -OCH3 is 1. The molecule has 3 aromatic rings. The molecule has 1 aromatic carbocycles. The fraction of sp³-hybridized carbons (Fsp3) is 0.278. The van der Waals surface area contributed by atoms with Gasteiger partial charge in [0.25, 0.3) is 5.91 Å². The lowest BCUT2D eigenvalue weighted by Gasteiger charge is -2.18. The normalized spacial score (nSPS) is 12.8. The van der Waals surface area contributed by atoms with Crippen molar-refractivity contribution >= 4 is 11.6 Å². The van der Waals surface area contributed by atoms with Crippen LogP contribution in [0, 0.1) is 6.92 Å². The van der Waals surface area contributed by atoms with Gasteiger partial charge in [0.2, 0.25) is 0 Å². The number of halogens is 3. The summed E-state index contributed by atoms with van der Waals surface area (Å²) >= 11 is 0. The Morgan fingerprint density at radius 3 is 2.61 bits per heavy atom. The van der Waals surface area contributed by atoms with Crippen molar-refractivity contribution in [1.29, 1.82) is 0 Å². The van der Waals surface area contributed by atoms with E-state index < -0.39 is 18.3 Å². The minimum absolute atomic E-state index is 0.122. The third-order valence-electron chi connectivity index (χ3n) is 3.88. The van der Waals surface area contributed by atoms with Crippen LogP contribution >= 0.6 is 0 Å². The number of rotatable bonds is 6. The van der Waals surface area contributed by atoms with Crippen LogP contribution in [-0.2, 0) is 4.74 Å². The number of hydrogen-bond acceptors (Lipinski definition) is 5. The summed E-state index contributed by atoms with van der Waals surface area (Å²) in [7, 11) is 1.46. The number of nitrogens with zero attached hydrogens (tertiary/aromatic N) is 3. The van der Waals surface area contributed by atoms with Crippen molar-refractivity contribution in [1.82, 2.24) is 19.9 Å². The Bertz CT molecular complexity index is 970. The number of fused-ring (bicyclic) bond motifs is 1. The van der Waals surface area contributed by atoms with Crippen LogP contribution in [0.3, 0.4) is 0 Å². The lowest BCUT2D eigenvalue weighted by atomic mass is 10.1. The molecule has 0 aliphatic carbocycles. The molecule has 0 spiro atoms. The molecule has 3 rings (SSSR count). The molecule has 0 aliphatic heterocycles. The average molecular weight is 394 g/mol. The molecule has 0 bridgehead atoms.